The second kappa shape index (κ2) is 5.37. The van der Waals surface area contributed by atoms with Crippen molar-refractivity contribution in [1.82, 2.24) is 0 Å². The van der Waals surface area contributed by atoms with E-state index in [1.165, 1.54) is 6.92 Å². The molecule has 0 aliphatic carbocycles. The van der Waals surface area contributed by atoms with Crippen LogP contribution >= 0.6 is 0 Å². The number of Topliss-reactive ketones (excluding diaryl/α,β-unsaturated/α-hetero) is 1. The zero-order valence-electron chi connectivity index (χ0n) is 9.84. The lowest BCUT2D eigenvalue weighted by Crippen LogP contribution is -2.24. The first-order valence-electron chi connectivity index (χ1n) is 5.29. The van der Waals surface area contributed by atoms with Crippen molar-refractivity contribution in [2.45, 2.75) is 32.5 Å². The Kier molecular flexibility index (Phi) is 4.32. The minimum absolute atomic E-state index is 0.175. The van der Waals surface area contributed by atoms with Crippen LogP contribution in [0.15, 0.2) is 18.2 Å². The van der Waals surface area contributed by atoms with Crippen LogP contribution in [-0.2, 0) is 11.0 Å². The third kappa shape index (κ3) is 3.45. The van der Waals surface area contributed by atoms with Crippen molar-refractivity contribution in [2.24, 2.45) is 0 Å². The maximum absolute atomic E-state index is 13.0. The van der Waals surface area contributed by atoms with Crippen LogP contribution in [0.4, 0.5) is 17.6 Å². The number of carbonyl (C=O) groups is 1. The summed E-state index contributed by atoms with van der Waals surface area (Å²) in [6, 6.07) is 2.29. The highest BCUT2D eigenvalue weighted by molar-refractivity contribution is 5.80. The third-order valence-corrected chi connectivity index (χ3v) is 2.35. The minimum atomic E-state index is -4.79. The summed E-state index contributed by atoms with van der Waals surface area (Å²) in [6.07, 6.45) is -5.29. The van der Waals surface area contributed by atoms with E-state index in [1.54, 1.807) is 6.92 Å². The van der Waals surface area contributed by atoms with Crippen LogP contribution in [0.5, 0.6) is 5.75 Å². The third-order valence-electron chi connectivity index (χ3n) is 2.35. The van der Waals surface area contributed by atoms with Crippen LogP contribution in [0.3, 0.4) is 0 Å². The normalized spacial score (nSPS) is 13.2. The Bertz CT molecular complexity index is 440. The number of halogens is 4. The number of alkyl halides is 3. The van der Waals surface area contributed by atoms with Crippen LogP contribution in [-0.4, -0.2) is 11.9 Å². The van der Waals surface area contributed by atoms with E-state index in [2.05, 4.69) is 0 Å². The fourth-order valence-electron chi connectivity index (χ4n) is 1.41. The molecule has 0 spiro atoms. The van der Waals surface area contributed by atoms with Gasteiger partial charge in [0.25, 0.3) is 0 Å². The predicted molar refractivity (Wildman–Crippen MR) is 56.8 cm³/mol. The van der Waals surface area contributed by atoms with Gasteiger partial charge in [0.05, 0.1) is 5.56 Å². The smallest absolute Gasteiger partial charge is 0.419 e. The molecule has 1 aromatic rings. The van der Waals surface area contributed by atoms with E-state index < -0.39 is 23.7 Å². The van der Waals surface area contributed by atoms with Crippen molar-refractivity contribution >= 4 is 5.78 Å². The van der Waals surface area contributed by atoms with Gasteiger partial charge in [0.2, 0.25) is 0 Å². The van der Waals surface area contributed by atoms with Crippen LogP contribution in [0, 0.1) is 5.82 Å². The quantitative estimate of drug-likeness (QED) is 0.777. The lowest BCUT2D eigenvalue weighted by molar-refractivity contribution is -0.140. The molecule has 0 aliphatic rings. The summed E-state index contributed by atoms with van der Waals surface area (Å²) < 4.78 is 55.4. The zero-order valence-corrected chi connectivity index (χ0v) is 9.84. The molecule has 1 aromatic carbocycles. The molecule has 0 fully saturated rings. The Balaban J connectivity index is 3.02. The van der Waals surface area contributed by atoms with Gasteiger partial charge in [-0.05, 0) is 31.5 Å². The maximum Gasteiger partial charge on any atom is 0.419 e. The van der Waals surface area contributed by atoms with Gasteiger partial charge in [0, 0.05) is 0 Å². The van der Waals surface area contributed by atoms with Crippen LogP contribution in [0.2, 0.25) is 0 Å². The monoisotopic (exact) mass is 264 g/mol. The SMILES string of the molecule is CCC(Oc1ccc(F)c(C(F)(F)F)c1)C(C)=O. The zero-order chi connectivity index (χ0) is 13.9. The Hall–Kier alpha value is -1.59. The highest BCUT2D eigenvalue weighted by Gasteiger charge is 2.34. The second-order valence-electron chi connectivity index (χ2n) is 3.76. The Morgan fingerprint density at radius 2 is 2.00 bits per heavy atom. The summed E-state index contributed by atoms with van der Waals surface area (Å²) in [6.45, 7) is 2.95. The molecule has 0 heterocycles. The fraction of sp³-hybridized carbons (Fsp3) is 0.417. The first kappa shape index (κ1) is 14.5. The van der Waals surface area contributed by atoms with E-state index >= 15 is 0 Å². The highest BCUT2D eigenvalue weighted by atomic mass is 19.4. The van der Waals surface area contributed by atoms with Gasteiger partial charge in [-0.3, -0.25) is 4.79 Å². The molecule has 0 amide bonds. The standard InChI is InChI=1S/C12H12F4O2/c1-3-11(7(2)17)18-8-4-5-10(13)9(6-8)12(14,15)16/h4-6,11H,3H2,1-2H3. The summed E-state index contributed by atoms with van der Waals surface area (Å²) in [4.78, 5) is 11.1. The first-order chi connectivity index (χ1) is 8.25. The molecule has 0 saturated heterocycles. The minimum Gasteiger partial charge on any atom is -0.483 e. The first-order valence-corrected chi connectivity index (χ1v) is 5.29. The van der Waals surface area contributed by atoms with Crippen molar-refractivity contribution < 1.29 is 27.1 Å². The second-order valence-corrected chi connectivity index (χ2v) is 3.76. The molecular weight excluding hydrogens is 252 g/mol. The van der Waals surface area contributed by atoms with E-state index in [1.807, 2.05) is 0 Å². The number of carbonyl (C=O) groups excluding carboxylic acids is 1. The van der Waals surface area contributed by atoms with Crippen LogP contribution in [0.25, 0.3) is 0 Å². The molecule has 1 atom stereocenters. The van der Waals surface area contributed by atoms with Gasteiger partial charge in [-0.1, -0.05) is 6.92 Å². The van der Waals surface area contributed by atoms with Crippen molar-refractivity contribution in [1.29, 1.82) is 0 Å². The van der Waals surface area contributed by atoms with Gasteiger partial charge < -0.3 is 4.74 Å². The van der Waals surface area contributed by atoms with E-state index in [4.69, 9.17) is 4.74 Å². The highest BCUT2D eigenvalue weighted by Crippen LogP contribution is 2.33. The number of rotatable bonds is 4. The van der Waals surface area contributed by atoms with Crippen molar-refractivity contribution in [3.8, 4) is 5.75 Å². The summed E-state index contributed by atoms with van der Waals surface area (Å²) in [7, 11) is 0. The number of benzene rings is 1. The summed E-state index contributed by atoms with van der Waals surface area (Å²) in [5.74, 6) is -1.84. The summed E-state index contributed by atoms with van der Waals surface area (Å²) in [5.41, 5.74) is -1.40. The number of ketones is 1. The molecular formula is C12H12F4O2. The van der Waals surface area contributed by atoms with Gasteiger partial charge >= 0.3 is 6.18 Å². The van der Waals surface area contributed by atoms with Gasteiger partial charge in [-0.25, -0.2) is 4.39 Å². The number of hydrogen-bond acceptors (Lipinski definition) is 2. The average molecular weight is 264 g/mol. The molecule has 0 saturated carbocycles. The molecule has 0 aromatic heterocycles. The molecule has 18 heavy (non-hydrogen) atoms. The molecule has 0 radical (unpaired) electrons. The molecule has 0 aliphatic heterocycles. The maximum atomic E-state index is 13.0. The van der Waals surface area contributed by atoms with Gasteiger partial charge in [-0.15, -0.1) is 0 Å². The summed E-state index contributed by atoms with van der Waals surface area (Å²) in [5, 5.41) is 0. The lowest BCUT2D eigenvalue weighted by Gasteiger charge is -2.16. The number of hydrogen-bond donors (Lipinski definition) is 0. The molecule has 100 valence electrons. The Labute approximate surface area is 102 Å². The molecule has 0 bridgehead atoms. The fourth-order valence-corrected chi connectivity index (χ4v) is 1.41. The topological polar surface area (TPSA) is 26.3 Å². The molecule has 6 heteroatoms. The van der Waals surface area contributed by atoms with E-state index in [9.17, 15) is 22.4 Å². The van der Waals surface area contributed by atoms with E-state index in [0.29, 0.717) is 18.6 Å². The lowest BCUT2D eigenvalue weighted by atomic mass is 10.1. The average Bonchev–Trinajstić information content (AvgIpc) is 2.25. The van der Waals surface area contributed by atoms with Gasteiger partial charge in [0.1, 0.15) is 11.6 Å². The molecule has 1 unspecified atom stereocenters. The Morgan fingerprint density at radius 3 is 2.44 bits per heavy atom. The van der Waals surface area contributed by atoms with Crippen molar-refractivity contribution in [2.75, 3.05) is 0 Å². The Morgan fingerprint density at radius 1 is 1.39 bits per heavy atom. The number of ether oxygens (including phenoxy) is 1. The van der Waals surface area contributed by atoms with Gasteiger partial charge in [0.15, 0.2) is 11.9 Å². The van der Waals surface area contributed by atoms with Gasteiger partial charge in [-0.2, -0.15) is 13.2 Å². The van der Waals surface area contributed by atoms with Crippen LogP contribution in [0.1, 0.15) is 25.8 Å². The molecule has 2 nitrogen and oxygen atoms in total. The van der Waals surface area contributed by atoms with E-state index in [0.717, 1.165) is 6.07 Å². The molecule has 0 N–H and O–H groups in total. The molecule has 1 rings (SSSR count). The summed E-state index contributed by atoms with van der Waals surface area (Å²) >= 11 is 0. The van der Waals surface area contributed by atoms with Crippen molar-refractivity contribution in [3.63, 3.8) is 0 Å². The predicted octanol–water partition coefficient (Wildman–Crippen LogP) is 3.59. The van der Waals surface area contributed by atoms with Crippen molar-refractivity contribution in [3.05, 3.63) is 29.6 Å². The van der Waals surface area contributed by atoms with Crippen LogP contribution < -0.4 is 4.74 Å². The largest absolute Gasteiger partial charge is 0.483 e. The van der Waals surface area contributed by atoms with E-state index in [-0.39, 0.29) is 11.5 Å².